The molecule has 1 amide bonds. The largest absolute Gasteiger partial charge is 0.361 e. The Kier molecular flexibility index (Phi) is 7.67. The predicted octanol–water partition coefficient (Wildman–Crippen LogP) is 4.84. The number of aromatic amines is 1. The molecule has 0 radical (unpaired) electrons. The quantitative estimate of drug-likeness (QED) is 0.306. The number of benzene rings is 2. The van der Waals surface area contributed by atoms with Crippen LogP contribution in [0.25, 0.3) is 16.6 Å². The van der Waals surface area contributed by atoms with Crippen molar-refractivity contribution in [3.05, 3.63) is 72.4 Å². The minimum absolute atomic E-state index is 0.0437. The number of hydrogen-bond acceptors (Lipinski definition) is 5. The zero-order valence-corrected chi connectivity index (χ0v) is 21.9. The van der Waals surface area contributed by atoms with E-state index in [4.69, 9.17) is 0 Å². The van der Waals surface area contributed by atoms with Gasteiger partial charge in [-0.3, -0.25) is 9.36 Å². The molecule has 8 heteroatoms. The van der Waals surface area contributed by atoms with Gasteiger partial charge in [-0.15, -0.1) is 10.2 Å². The molecule has 37 heavy (non-hydrogen) atoms. The lowest BCUT2D eigenvalue weighted by molar-refractivity contribution is -0.114. The summed E-state index contributed by atoms with van der Waals surface area (Å²) in [5.74, 6) is -0.0437. The van der Waals surface area contributed by atoms with Crippen molar-refractivity contribution in [3.8, 4) is 5.69 Å². The third-order valence-corrected chi connectivity index (χ3v) is 7.68. The highest BCUT2D eigenvalue weighted by atomic mass is 16.1. The number of aromatic nitrogens is 4. The average molecular weight is 500 g/mol. The first-order valence-electron chi connectivity index (χ1n) is 13.2. The highest BCUT2D eigenvalue weighted by Gasteiger charge is 2.26. The summed E-state index contributed by atoms with van der Waals surface area (Å²) in [6.45, 7) is 4.88. The second-order valence-electron chi connectivity index (χ2n) is 10.4. The Morgan fingerprint density at radius 2 is 1.95 bits per heavy atom. The van der Waals surface area contributed by atoms with Gasteiger partial charge in [0.05, 0.1) is 0 Å². The lowest BCUT2D eigenvalue weighted by Gasteiger charge is -2.39. The minimum Gasteiger partial charge on any atom is -0.361 e. The molecule has 0 aliphatic carbocycles. The normalized spacial score (nSPS) is 19.2. The van der Waals surface area contributed by atoms with Gasteiger partial charge in [-0.2, -0.15) is 0 Å². The van der Waals surface area contributed by atoms with Crippen molar-refractivity contribution in [2.45, 2.75) is 64.1 Å². The number of piperidine rings is 1. The standard InChI is InChI=1S/C29H37N7O/c1-20(22-7-9-24(10-8-22)34-21(2)37)33-25-13-14-35(3)26(15-25)6-4-5-23-17-30-29-12-11-27(16-28(23)29)36-18-31-32-19-36/h7-12,16-20,25-26,30,33H,4-6,13-15H2,1-3H3,(H,34,37)/t20?,25-,26?/m1/s1. The number of rotatable bonds is 9. The minimum atomic E-state index is -0.0437. The molecule has 0 saturated carbocycles. The van der Waals surface area contributed by atoms with E-state index in [9.17, 15) is 4.79 Å². The molecule has 5 rings (SSSR count). The number of aryl methyl sites for hydroxylation is 1. The molecular formula is C29H37N7O. The fraction of sp³-hybridized carbons (Fsp3) is 0.414. The fourth-order valence-electron chi connectivity index (χ4n) is 5.56. The molecule has 4 aromatic rings. The topological polar surface area (TPSA) is 90.9 Å². The Morgan fingerprint density at radius 1 is 1.16 bits per heavy atom. The summed E-state index contributed by atoms with van der Waals surface area (Å²) >= 11 is 0. The van der Waals surface area contributed by atoms with E-state index in [1.54, 1.807) is 12.7 Å². The van der Waals surface area contributed by atoms with Gasteiger partial charge in [-0.05, 0) is 94.1 Å². The predicted molar refractivity (Wildman–Crippen MR) is 148 cm³/mol. The highest BCUT2D eigenvalue weighted by molar-refractivity contribution is 5.88. The monoisotopic (exact) mass is 499 g/mol. The van der Waals surface area contributed by atoms with Crippen molar-refractivity contribution in [1.29, 1.82) is 0 Å². The molecule has 0 spiro atoms. The maximum Gasteiger partial charge on any atom is 0.221 e. The van der Waals surface area contributed by atoms with Crippen LogP contribution < -0.4 is 10.6 Å². The summed E-state index contributed by atoms with van der Waals surface area (Å²) in [5, 5.41) is 15.8. The zero-order chi connectivity index (χ0) is 25.8. The van der Waals surface area contributed by atoms with Gasteiger partial charge in [0.25, 0.3) is 0 Å². The maximum absolute atomic E-state index is 11.3. The lowest BCUT2D eigenvalue weighted by Crippen LogP contribution is -2.47. The van der Waals surface area contributed by atoms with E-state index in [2.05, 4.69) is 81.2 Å². The van der Waals surface area contributed by atoms with Crippen LogP contribution in [0.15, 0.2) is 61.3 Å². The van der Waals surface area contributed by atoms with E-state index in [0.29, 0.717) is 12.1 Å². The maximum atomic E-state index is 11.3. The van der Waals surface area contributed by atoms with Gasteiger partial charge in [0, 0.05) is 53.5 Å². The number of anilines is 1. The van der Waals surface area contributed by atoms with Crippen LogP contribution in [0.1, 0.15) is 56.7 Å². The van der Waals surface area contributed by atoms with E-state index >= 15 is 0 Å². The highest BCUT2D eigenvalue weighted by Crippen LogP contribution is 2.26. The molecule has 3 atom stereocenters. The summed E-state index contributed by atoms with van der Waals surface area (Å²) in [7, 11) is 2.27. The Balaban J connectivity index is 1.15. The third-order valence-electron chi connectivity index (χ3n) is 7.68. The molecule has 1 aliphatic heterocycles. The molecule has 3 N–H and O–H groups in total. The van der Waals surface area contributed by atoms with Gasteiger partial charge in [0.15, 0.2) is 0 Å². The first-order valence-corrected chi connectivity index (χ1v) is 13.2. The van der Waals surface area contributed by atoms with Crippen molar-refractivity contribution >= 4 is 22.5 Å². The molecule has 2 aromatic heterocycles. The van der Waals surface area contributed by atoms with Crippen LogP contribution in [0, 0.1) is 0 Å². The average Bonchev–Trinajstić information content (AvgIpc) is 3.56. The van der Waals surface area contributed by atoms with E-state index in [-0.39, 0.29) is 11.9 Å². The van der Waals surface area contributed by atoms with Gasteiger partial charge in [-0.1, -0.05) is 12.1 Å². The van der Waals surface area contributed by atoms with Gasteiger partial charge in [-0.25, -0.2) is 0 Å². The van der Waals surface area contributed by atoms with E-state index < -0.39 is 0 Å². The van der Waals surface area contributed by atoms with E-state index in [1.807, 2.05) is 16.7 Å². The van der Waals surface area contributed by atoms with Gasteiger partial charge in [0.1, 0.15) is 12.7 Å². The van der Waals surface area contributed by atoms with Gasteiger partial charge < -0.3 is 20.5 Å². The van der Waals surface area contributed by atoms with Crippen LogP contribution >= 0.6 is 0 Å². The number of nitrogens with one attached hydrogen (secondary N) is 3. The smallest absolute Gasteiger partial charge is 0.221 e. The van der Waals surface area contributed by atoms with Gasteiger partial charge >= 0.3 is 0 Å². The molecule has 1 aliphatic rings. The van der Waals surface area contributed by atoms with E-state index in [1.165, 1.54) is 35.4 Å². The molecule has 1 saturated heterocycles. The summed E-state index contributed by atoms with van der Waals surface area (Å²) in [4.78, 5) is 17.2. The van der Waals surface area contributed by atoms with Crippen molar-refractivity contribution < 1.29 is 4.79 Å². The number of H-pyrrole nitrogens is 1. The van der Waals surface area contributed by atoms with Crippen molar-refractivity contribution in [3.63, 3.8) is 0 Å². The molecular weight excluding hydrogens is 462 g/mol. The first kappa shape index (κ1) is 25.2. The number of carbonyl (C=O) groups is 1. The van der Waals surface area contributed by atoms with Crippen molar-refractivity contribution in [2.75, 3.05) is 18.9 Å². The first-order chi connectivity index (χ1) is 18.0. The molecule has 194 valence electrons. The molecule has 8 nitrogen and oxygen atoms in total. The van der Waals surface area contributed by atoms with Crippen LogP contribution in [0.3, 0.4) is 0 Å². The number of likely N-dealkylation sites (tertiary alicyclic amines) is 1. The van der Waals surface area contributed by atoms with Crippen LogP contribution in [0.2, 0.25) is 0 Å². The lowest BCUT2D eigenvalue weighted by atomic mass is 9.92. The van der Waals surface area contributed by atoms with Crippen molar-refractivity contribution in [1.82, 2.24) is 30.0 Å². The van der Waals surface area contributed by atoms with Crippen LogP contribution in [0.4, 0.5) is 5.69 Å². The molecule has 3 heterocycles. The summed E-state index contributed by atoms with van der Waals surface area (Å²) in [6.07, 6.45) is 11.4. The number of amides is 1. The Morgan fingerprint density at radius 3 is 2.70 bits per heavy atom. The second kappa shape index (κ2) is 11.3. The molecule has 1 fully saturated rings. The van der Waals surface area contributed by atoms with Gasteiger partial charge in [0.2, 0.25) is 5.91 Å². The van der Waals surface area contributed by atoms with Crippen molar-refractivity contribution in [2.24, 2.45) is 0 Å². The Labute approximate surface area is 218 Å². The summed E-state index contributed by atoms with van der Waals surface area (Å²) < 4.78 is 1.94. The van der Waals surface area contributed by atoms with Crippen LogP contribution in [0.5, 0.6) is 0 Å². The number of carbonyl (C=O) groups excluding carboxylic acids is 1. The molecule has 0 bridgehead atoms. The third kappa shape index (κ3) is 6.09. The molecule has 2 aromatic carbocycles. The Hall–Kier alpha value is -3.49. The Bertz CT molecular complexity index is 1310. The fourth-order valence-corrected chi connectivity index (χ4v) is 5.56. The number of nitrogens with zero attached hydrogens (tertiary/aromatic N) is 4. The van der Waals surface area contributed by atoms with E-state index in [0.717, 1.165) is 43.6 Å². The number of hydrogen-bond donors (Lipinski definition) is 3. The SMILES string of the molecule is CC(=O)Nc1ccc(C(C)N[C@@H]2CCN(C)C(CCCc3c[nH]c4ccc(-n5cnnc5)cc34)C2)cc1. The number of fused-ring (bicyclic) bond motifs is 1. The summed E-state index contributed by atoms with van der Waals surface area (Å²) in [6, 6.07) is 16.0. The van der Waals surface area contributed by atoms with Crippen LogP contribution in [-0.4, -0.2) is 56.2 Å². The second-order valence-corrected chi connectivity index (χ2v) is 10.4. The zero-order valence-electron chi connectivity index (χ0n) is 21.9. The summed E-state index contributed by atoms with van der Waals surface area (Å²) in [5.41, 5.74) is 5.71. The molecule has 2 unspecified atom stereocenters. The van der Waals surface area contributed by atoms with Crippen LogP contribution in [-0.2, 0) is 11.2 Å².